The van der Waals surface area contributed by atoms with Crippen molar-refractivity contribution in [2.24, 2.45) is 0 Å². The van der Waals surface area contributed by atoms with Gasteiger partial charge in [-0.2, -0.15) is 0 Å². The fourth-order valence-electron chi connectivity index (χ4n) is 3.61. The molecule has 0 aliphatic heterocycles. The summed E-state index contributed by atoms with van der Waals surface area (Å²) in [5.74, 6) is -0.259. The largest absolute Gasteiger partial charge is 0.377 e. The lowest BCUT2D eigenvalue weighted by molar-refractivity contribution is -0.114. The van der Waals surface area contributed by atoms with E-state index in [4.69, 9.17) is 0 Å². The number of sulfone groups is 1. The predicted molar refractivity (Wildman–Crippen MR) is 131 cm³/mol. The lowest BCUT2D eigenvalue weighted by Crippen LogP contribution is -2.10. The van der Waals surface area contributed by atoms with E-state index in [0.29, 0.717) is 15.6 Å². The van der Waals surface area contributed by atoms with Gasteiger partial charge in [-0.25, -0.2) is 13.4 Å². The number of nitrogens with zero attached hydrogens (tertiary/aromatic N) is 2. The molecular formula is C24H23N3O3S2. The van der Waals surface area contributed by atoms with Crippen LogP contribution in [0.3, 0.4) is 0 Å². The number of fused-ring (bicyclic) bond motifs is 1. The predicted octanol–water partition coefficient (Wildman–Crippen LogP) is 4.96. The molecule has 0 aliphatic rings. The molecule has 1 heterocycles. The maximum absolute atomic E-state index is 13.3. The normalized spacial score (nSPS) is 11.5. The van der Waals surface area contributed by atoms with Crippen molar-refractivity contribution in [2.75, 3.05) is 24.3 Å². The van der Waals surface area contributed by atoms with E-state index in [1.807, 2.05) is 60.8 Å². The second-order valence-corrected chi connectivity index (χ2v) is 10.5. The van der Waals surface area contributed by atoms with Crippen LogP contribution in [0.2, 0.25) is 0 Å². The van der Waals surface area contributed by atoms with Crippen molar-refractivity contribution in [1.82, 2.24) is 4.98 Å². The number of amides is 1. The summed E-state index contributed by atoms with van der Waals surface area (Å²) in [5, 5.41) is 6.69. The number of carbonyl (C=O) groups is 1. The van der Waals surface area contributed by atoms with Crippen LogP contribution in [0, 0.1) is 0 Å². The number of nitrogens with one attached hydrogen (secondary N) is 1. The van der Waals surface area contributed by atoms with Crippen molar-refractivity contribution in [3.05, 3.63) is 71.6 Å². The van der Waals surface area contributed by atoms with E-state index < -0.39 is 9.84 Å². The fraction of sp³-hybridized carbons (Fsp3) is 0.167. The molecule has 1 amide bonds. The van der Waals surface area contributed by atoms with Crippen molar-refractivity contribution in [2.45, 2.75) is 17.6 Å². The molecule has 4 aromatic rings. The molecule has 164 valence electrons. The van der Waals surface area contributed by atoms with E-state index in [2.05, 4.69) is 10.3 Å². The van der Waals surface area contributed by atoms with Crippen LogP contribution in [0.1, 0.15) is 12.5 Å². The summed E-state index contributed by atoms with van der Waals surface area (Å²) in [4.78, 5) is 17.9. The zero-order chi connectivity index (χ0) is 22.9. The van der Waals surface area contributed by atoms with Gasteiger partial charge in [0.2, 0.25) is 5.91 Å². The van der Waals surface area contributed by atoms with Gasteiger partial charge >= 0.3 is 0 Å². The molecule has 3 aromatic carbocycles. The van der Waals surface area contributed by atoms with Gasteiger partial charge in [0.05, 0.1) is 16.3 Å². The summed E-state index contributed by atoms with van der Waals surface area (Å²) >= 11 is 1.35. The van der Waals surface area contributed by atoms with Gasteiger partial charge in [-0.05, 0) is 17.7 Å². The topological polar surface area (TPSA) is 79.4 Å². The summed E-state index contributed by atoms with van der Waals surface area (Å²) in [6.07, 6.45) is 0. The Hall–Kier alpha value is -3.23. The Balaban J connectivity index is 1.61. The second kappa shape index (κ2) is 8.72. The first-order valence-corrected chi connectivity index (χ1v) is 12.5. The molecular weight excluding hydrogens is 442 g/mol. The van der Waals surface area contributed by atoms with Gasteiger partial charge < -0.3 is 10.2 Å². The van der Waals surface area contributed by atoms with E-state index in [1.165, 1.54) is 18.3 Å². The Kier molecular flexibility index (Phi) is 5.99. The summed E-state index contributed by atoms with van der Waals surface area (Å²) in [5.41, 5.74) is 3.27. The summed E-state index contributed by atoms with van der Waals surface area (Å²) in [7, 11) is 0.338. The minimum Gasteiger partial charge on any atom is -0.377 e. The number of hydrogen-bond acceptors (Lipinski definition) is 6. The van der Waals surface area contributed by atoms with Gasteiger partial charge in [0.25, 0.3) is 0 Å². The van der Waals surface area contributed by atoms with Gasteiger partial charge in [-0.1, -0.05) is 48.5 Å². The first-order chi connectivity index (χ1) is 15.2. The molecule has 6 nitrogen and oxygen atoms in total. The fourth-order valence-corrected chi connectivity index (χ4v) is 5.96. The van der Waals surface area contributed by atoms with E-state index in [1.54, 1.807) is 24.3 Å². The van der Waals surface area contributed by atoms with Crippen molar-refractivity contribution in [3.8, 4) is 11.3 Å². The van der Waals surface area contributed by atoms with Gasteiger partial charge in [0.15, 0.2) is 15.0 Å². The minimum absolute atomic E-state index is 0.0905. The molecule has 0 aliphatic carbocycles. The number of hydrogen-bond donors (Lipinski definition) is 1. The molecule has 0 bridgehead atoms. The molecule has 0 radical (unpaired) electrons. The average molecular weight is 466 g/mol. The summed E-state index contributed by atoms with van der Waals surface area (Å²) in [6.45, 7) is 1.44. The molecule has 0 spiro atoms. The zero-order valence-electron chi connectivity index (χ0n) is 18.0. The highest BCUT2D eigenvalue weighted by atomic mass is 32.2. The highest BCUT2D eigenvalue weighted by Crippen LogP contribution is 2.32. The van der Waals surface area contributed by atoms with E-state index in [0.717, 1.165) is 27.7 Å². The molecule has 0 saturated carbocycles. The first kappa shape index (κ1) is 22.0. The van der Waals surface area contributed by atoms with Gasteiger partial charge in [-0.15, -0.1) is 11.3 Å². The van der Waals surface area contributed by atoms with Crippen molar-refractivity contribution >= 4 is 48.7 Å². The van der Waals surface area contributed by atoms with Gasteiger partial charge in [0, 0.05) is 48.4 Å². The third kappa shape index (κ3) is 4.51. The second-order valence-electron chi connectivity index (χ2n) is 7.70. The first-order valence-electron chi connectivity index (χ1n) is 9.99. The summed E-state index contributed by atoms with van der Waals surface area (Å²) in [6, 6.07) is 18.4. The highest BCUT2D eigenvalue weighted by molar-refractivity contribution is 7.90. The van der Waals surface area contributed by atoms with Crippen molar-refractivity contribution in [1.29, 1.82) is 0 Å². The average Bonchev–Trinajstić information content (AvgIpc) is 3.20. The smallest absolute Gasteiger partial charge is 0.223 e. The molecule has 32 heavy (non-hydrogen) atoms. The molecule has 0 fully saturated rings. The minimum atomic E-state index is -3.55. The maximum atomic E-state index is 13.3. The highest BCUT2D eigenvalue weighted by Gasteiger charge is 2.19. The lowest BCUT2D eigenvalue weighted by atomic mass is 10.1. The van der Waals surface area contributed by atoms with E-state index in [9.17, 15) is 13.2 Å². The Morgan fingerprint density at radius 1 is 1.00 bits per heavy atom. The van der Waals surface area contributed by atoms with Crippen LogP contribution in [-0.2, 0) is 20.4 Å². The van der Waals surface area contributed by atoms with Crippen LogP contribution in [0.25, 0.3) is 22.0 Å². The van der Waals surface area contributed by atoms with Gasteiger partial charge in [-0.3, -0.25) is 4.79 Å². The van der Waals surface area contributed by atoms with Crippen molar-refractivity contribution < 1.29 is 13.2 Å². The molecule has 8 heteroatoms. The number of carbonyl (C=O) groups excluding carboxylic acids is 1. The molecule has 1 N–H and O–H groups in total. The van der Waals surface area contributed by atoms with Gasteiger partial charge in [0.1, 0.15) is 0 Å². The number of thiazole rings is 1. The lowest BCUT2D eigenvalue weighted by Gasteiger charge is -2.17. The number of aromatic nitrogens is 1. The molecule has 0 atom stereocenters. The van der Waals surface area contributed by atoms with Crippen LogP contribution >= 0.6 is 11.3 Å². The van der Waals surface area contributed by atoms with Crippen LogP contribution in [-0.4, -0.2) is 33.4 Å². The molecule has 0 saturated heterocycles. The Bertz CT molecular complexity index is 1390. The number of benzene rings is 3. The maximum Gasteiger partial charge on any atom is 0.223 e. The third-order valence-corrected chi connectivity index (χ3v) is 7.57. The number of rotatable bonds is 6. The summed E-state index contributed by atoms with van der Waals surface area (Å²) < 4.78 is 26.6. The SMILES string of the molecule is CC(=O)Nc1nc(-c2ccc(CS(=O)(=O)c3cccc4c(N(C)C)cccc34)cc2)cs1. The van der Waals surface area contributed by atoms with Crippen LogP contribution in [0.15, 0.2) is 70.9 Å². The van der Waals surface area contributed by atoms with Crippen molar-refractivity contribution in [3.63, 3.8) is 0 Å². The Labute approximate surface area is 191 Å². The monoisotopic (exact) mass is 465 g/mol. The third-order valence-electron chi connectivity index (χ3n) is 5.07. The standard InChI is InChI=1S/C24H23N3O3S2/c1-16(28)25-24-26-21(14-31-24)18-12-10-17(11-13-18)15-32(29,30)23-9-5-6-19-20(23)7-4-8-22(19)27(2)3/h4-14H,15H2,1-3H3,(H,25,26,28). The molecule has 0 unspecified atom stereocenters. The molecule has 4 rings (SSSR count). The van der Waals surface area contributed by atoms with Crippen LogP contribution in [0.4, 0.5) is 10.8 Å². The van der Waals surface area contributed by atoms with E-state index >= 15 is 0 Å². The van der Waals surface area contributed by atoms with E-state index in [-0.39, 0.29) is 11.7 Å². The Morgan fingerprint density at radius 3 is 2.38 bits per heavy atom. The Morgan fingerprint density at radius 2 is 1.69 bits per heavy atom. The number of anilines is 2. The zero-order valence-corrected chi connectivity index (χ0v) is 19.6. The van der Waals surface area contributed by atoms with Crippen LogP contribution in [0.5, 0.6) is 0 Å². The van der Waals surface area contributed by atoms with Crippen LogP contribution < -0.4 is 10.2 Å². The molecule has 1 aromatic heterocycles. The quantitative estimate of drug-likeness (QED) is 0.435.